The van der Waals surface area contributed by atoms with Crippen LogP contribution in [0.5, 0.6) is 5.75 Å². The molecule has 4 nitrogen and oxygen atoms in total. The number of carbonyl (C=O) groups excluding carboxylic acids is 1. The van der Waals surface area contributed by atoms with Crippen LogP contribution in [0.1, 0.15) is 82.8 Å². The Labute approximate surface area is 220 Å². The van der Waals surface area contributed by atoms with Crippen molar-refractivity contribution in [2.45, 2.75) is 84.6 Å². The molecule has 1 unspecified atom stereocenters. The second-order valence-corrected chi connectivity index (χ2v) is 10.9. The largest absolute Gasteiger partial charge is 0.493 e. The van der Waals surface area contributed by atoms with Crippen molar-refractivity contribution < 1.29 is 18.8 Å². The monoisotopic (exact) mass is 496 g/mol. The van der Waals surface area contributed by atoms with Gasteiger partial charge in [0.1, 0.15) is 18.2 Å². The lowest BCUT2D eigenvalue weighted by Crippen LogP contribution is -2.44. The molecule has 0 amide bonds. The number of nitrogens with zero attached hydrogens (tertiary/aromatic N) is 1. The van der Waals surface area contributed by atoms with E-state index in [1.807, 2.05) is 19.1 Å². The fourth-order valence-electron chi connectivity index (χ4n) is 4.78. The van der Waals surface area contributed by atoms with E-state index in [0.29, 0.717) is 19.6 Å². The van der Waals surface area contributed by atoms with Gasteiger partial charge < -0.3 is 14.0 Å². The maximum Gasteiger partial charge on any atom is 0.314 e. The Hall–Kier alpha value is -2.33. The number of unbranched alkanes of at least 4 members (excludes halogenated alkanes) is 7. The molecule has 2 aromatic rings. The molecule has 0 bridgehead atoms. The maximum absolute atomic E-state index is 12.5. The Morgan fingerprint density at radius 2 is 1.47 bits per heavy atom. The molecule has 0 aliphatic heterocycles. The lowest BCUT2D eigenvalue weighted by Gasteiger charge is -2.31. The lowest BCUT2D eigenvalue weighted by atomic mass is 10.0. The molecular weight excluding hydrogens is 446 g/mol. The highest BCUT2D eigenvalue weighted by atomic mass is 16.5. The molecule has 0 saturated heterocycles. The fourth-order valence-corrected chi connectivity index (χ4v) is 4.78. The number of hydrogen-bond acceptors (Lipinski definition) is 3. The number of carbonyl (C=O) groups is 1. The van der Waals surface area contributed by atoms with Gasteiger partial charge in [-0.15, -0.1) is 0 Å². The molecule has 0 spiro atoms. The van der Waals surface area contributed by atoms with Crippen molar-refractivity contribution in [2.75, 3.05) is 33.9 Å². The lowest BCUT2D eigenvalue weighted by molar-refractivity contribution is -0.905. The van der Waals surface area contributed by atoms with Crippen LogP contribution < -0.4 is 4.74 Å². The van der Waals surface area contributed by atoms with E-state index >= 15 is 0 Å². The first-order chi connectivity index (χ1) is 17.4. The van der Waals surface area contributed by atoms with Crippen molar-refractivity contribution in [1.29, 1.82) is 0 Å². The quantitative estimate of drug-likeness (QED) is 0.114. The van der Waals surface area contributed by atoms with Gasteiger partial charge in [0.2, 0.25) is 0 Å². The topological polar surface area (TPSA) is 35.5 Å². The second kappa shape index (κ2) is 17.2. The SMILES string of the molecule is CCCCCCCCCCc1cccc(OCCCOC(=O)C(C)C[N+](C)(C)Cc2ccccc2)c1. The van der Waals surface area contributed by atoms with Crippen LogP contribution >= 0.6 is 0 Å². The van der Waals surface area contributed by atoms with Crippen molar-refractivity contribution in [3.8, 4) is 5.75 Å². The van der Waals surface area contributed by atoms with Gasteiger partial charge >= 0.3 is 5.97 Å². The predicted octanol–water partition coefficient (Wildman–Crippen LogP) is 7.59. The third-order valence-corrected chi connectivity index (χ3v) is 6.64. The summed E-state index contributed by atoms with van der Waals surface area (Å²) >= 11 is 0. The average Bonchev–Trinajstić information content (AvgIpc) is 2.85. The molecule has 200 valence electrons. The molecule has 0 aromatic heterocycles. The van der Waals surface area contributed by atoms with Gasteiger partial charge in [0.05, 0.1) is 33.9 Å². The molecule has 0 fully saturated rings. The summed E-state index contributed by atoms with van der Waals surface area (Å²) in [5.41, 5.74) is 2.62. The molecule has 0 N–H and O–H groups in total. The van der Waals surface area contributed by atoms with Gasteiger partial charge in [-0.2, -0.15) is 0 Å². The van der Waals surface area contributed by atoms with Crippen LogP contribution in [-0.4, -0.2) is 44.3 Å². The predicted molar refractivity (Wildman–Crippen MR) is 150 cm³/mol. The highest BCUT2D eigenvalue weighted by Gasteiger charge is 2.25. The van der Waals surface area contributed by atoms with Gasteiger partial charge in [-0.1, -0.05) is 94.3 Å². The zero-order valence-electron chi connectivity index (χ0n) is 23.3. The smallest absolute Gasteiger partial charge is 0.314 e. The van der Waals surface area contributed by atoms with Crippen molar-refractivity contribution in [3.05, 3.63) is 65.7 Å². The van der Waals surface area contributed by atoms with Gasteiger partial charge in [-0.05, 0) is 37.5 Å². The van der Waals surface area contributed by atoms with Crippen molar-refractivity contribution in [2.24, 2.45) is 5.92 Å². The average molecular weight is 497 g/mol. The Morgan fingerprint density at radius 3 is 2.19 bits per heavy atom. The standard InChI is InChI=1S/C32H50NO3/c1-5-6-7-8-9-10-11-13-18-29-21-16-22-31(25-29)35-23-17-24-36-32(34)28(2)26-33(3,4)27-30-19-14-12-15-20-30/h12,14-16,19-22,25,28H,5-11,13,17-18,23-24,26-27H2,1-4H3/q+1. The van der Waals surface area contributed by atoms with Crippen LogP contribution in [0.15, 0.2) is 54.6 Å². The van der Waals surface area contributed by atoms with Crippen LogP contribution in [-0.2, 0) is 22.5 Å². The molecule has 0 heterocycles. The summed E-state index contributed by atoms with van der Waals surface area (Å²) in [6, 6.07) is 18.8. The van der Waals surface area contributed by atoms with Crippen LogP contribution in [0, 0.1) is 5.92 Å². The van der Waals surface area contributed by atoms with Gasteiger partial charge in [-0.3, -0.25) is 4.79 Å². The Balaban J connectivity index is 1.58. The van der Waals surface area contributed by atoms with Crippen molar-refractivity contribution >= 4 is 5.97 Å². The van der Waals surface area contributed by atoms with E-state index < -0.39 is 0 Å². The zero-order chi connectivity index (χ0) is 26.1. The summed E-state index contributed by atoms with van der Waals surface area (Å²) in [7, 11) is 4.32. The minimum absolute atomic E-state index is 0.123. The van der Waals surface area contributed by atoms with Crippen LogP contribution in [0.2, 0.25) is 0 Å². The Bertz CT molecular complexity index is 849. The van der Waals surface area contributed by atoms with E-state index in [2.05, 4.69) is 63.5 Å². The van der Waals surface area contributed by atoms with E-state index in [4.69, 9.17) is 9.47 Å². The van der Waals surface area contributed by atoms with Crippen molar-refractivity contribution in [3.63, 3.8) is 0 Å². The molecule has 0 aliphatic carbocycles. The molecule has 0 saturated carbocycles. The van der Waals surface area contributed by atoms with E-state index in [-0.39, 0.29) is 11.9 Å². The number of esters is 1. The first-order valence-corrected chi connectivity index (χ1v) is 14.1. The summed E-state index contributed by atoms with van der Waals surface area (Å²) in [5.74, 6) is 0.644. The molecular formula is C32H50NO3+. The Morgan fingerprint density at radius 1 is 0.806 bits per heavy atom. The second-order valence-electron chi connectivity index (χ2n) is 10.9. The summed E-state index contributed by atoms with van der Waals surface area (Å²) in [4.78, 5) is 12.5. The van der Waals surface area contributed by atoms with Gasteiger partial charge in [0, 0.05) is 12.0 Å². The van der Waals surface area contributed by atoms with E-state index in [0.717, 1.165) is 29.7 Å². The number of aryl methyl sites for hydroxylation is 1. The Kier molecular flexibility index (Phi) is 14.3. The molecule has 4 heteroatoms. The fraction of sp³-hybridized carbons (Fsp3) is 0.594. The number of hydrogen-bond donors (Lipinski definition) is 0. The first kappa shape index (κ1) is 29.9. The third kappa shape index (κ3) is 13.1. The first-order valence-electron chi connectivity index (χ1n) is 14.1. The number of quaternary nitrogens is 1. The summed E-state index contributed by atoms with van der Waals surface area (Å²) in [6.07, 6.45) is 12.5. The normalized spacial score (nSPS) is 12.3. The zero-order valence-corrected chi connectivity index (χ0v) is 23.3. The minimum atomic E-state index is -0.141. The molecule has 36 heavy (non-hydrogen) atoms. The molecule has 2 rings (SSSR count). The minimum Gasteiger partial charge on any atom is -0.493 e. The molecule has 0 aliphatic rings. The third-order valence-electron chi connectivity index (χ3n) is 6.64. The number of ether oxygens (including phenoxy) is 2. The summed E-state index contributed by atoms with van der Waals surface area (Å²) < 4.78 is 12.2. The maximum atomic E-state index is 12.5. The number of rotatable bonds is 19. The van der Waals surface area contributed by atoms with E-state index in [1.165, 1.54) is 62.5 Å². The molecule has 0 radical (unpaired) electrons. The molecule has 1 atom stereocenters. The highest BCUT2D eigenvalue weighted by Crippen LogP contribution is 2.17. The van der Waals surface area contributed by atoms with E-state index in [9.17, 15) is 4.79 Å². The van der Waals surface area contributed by atoms with Gasteiger partial charge in [-0.25, -0.2) is 0 Å². The van der Waals surface area contributed by atoms with Gasteiger partial charge in [0.15, 0.2) is 0 Å². The number of benzene rings is 2. The van der Waals surface area contributed by atoms with Crippen LogP contribution in [0.25, 0.3) is 0 Å². The molecule has 2 aromatic carbocycles. The van der Waals surface area contributed by atoms with Crippen LogP contribution in [0.4, 0.5) is 0 Å². The van der Waals surface area contributed by atoms with E-state index in [1.54, 1.807) is 0 Å². The summed E-state index contributed by atoms with van der Waals surface area (Å²) in [6.45, 7) is 6.82. The highest BCUT2D eigenvalue weighted by molar-refractivity contribution is 5.72. The van der Waals surface area contributed by atoms with Crippen molar-refractivity contribution in [1.82, 2.24) is 0 Å². The van der Waals surface area contributed by atoms with Crippen LogP contribution in [0.3, 0.4) is 0 Å². The summed E-state index contributed by atoms with van der Waals surface area (Å²) in [5, 5.41) is 0. The van der Waals surface area contributed by atoms with Gasteiger partial charge in [0.25, 0.3) is 0 Å².